The number of hydrogen-bond donors (Lipinski definition) is 1. The fourth-order valence-electron chi connectivity index (χ4n) is 1.32. The van der Waals surface area contributed by atoms with Crippen molar-refractivity contribution in [2.24, 2.45) is 5.92 Å². The van der Waals surface area contributed by atoms with E-state index in [1.165, 1.54) is 25.0 Å². The van der Waals surface area contributed by atoms with Gasteiger partial charge in [0, 0.05) is 10.6 Å². The lowest BCUT2D eigenvalue weighted by molar-refractivity contribution is 0.579. The van der Waals surface area contributed by atoms with Crippen molar-refractivity contribution < 1.29 is 4.39 Å². The molecule has 0 radical (unpaired) electrons. The monoisotopic (exact) mass is 227 g/mol. The van der Waals surface area contributed by atoms with Crippen LogP contribution in [0.1, 0.15) is 26.7 Å². The summed E-state index contributed by atoms with van der Waals surface area (Å²) in [6.07, 6.45) is 2.41. The summed E-state index contributed by atoms with van der Waals surface area (Å²) >= 11 is 1.71. The molecule has 0 aliphatic carbocycles. The Hall–Kier alpha value is -0.700. The standard InChI is InChI=1S/C12H18FNS/c1-9(2)4-3-7-15-12-6-5-10(13)8-11(12)14/h5-6,8-9H,3-4,7,14H2,1-2H3. The number of anilines is 1. The van der Waals surface area contributed by atoms with Gasteiger partial charge in [-0.2, -0.15) is 0 Å². The van der Waals surface area contributed by atoms with Crippen LogP contribution >= 0.6 is 11.8 Å². The van der Waals surface area contributed by atoms with Crippen LogP contribution in [-0.4, -0.2) is 5.75 Å². The van der Waals surface area contributed by atoms with Crippen molar-refractivity contribution >= 4 is 17.4 Å². The number of hydrogen-bond acceptors (Lipinski definition) is 2. The van der Waals surface area contributed by atoms with E-state index >= 15 is 0 Å². The Balaban J connectivity index is 2.37. The lowest BCUT2D eigenvalue weighted by Gasteiger charge is -2.06. The quantitative estimate of drug-likeness (QED) is 0.468. The highest BCUT2D eigenvalue weighted by Gasteiger charge is 2.01. The topological polar surface area (TPSA) is 26.0 Å². The molecular formula is C12H18FNS. The van der Waals surface area contributed by atoms with E-state index in [1.54, 1.807) is 17.8 Å². The molecule has 0 aliphatic heterocycles. The minimum absolute atomic E-state index is 0.265. The molecule has 0 amide bonds. The maximum Gasteiger partial charge on any atom is 0.125 e. The number of nitrogen functional groups attached to an aromatic ring is 1. The van der Waals surface area contributed by atoms with Gasteiger partial charge in [-0.1, -0.05) is 20.3 Å². The smallest absolute Gasteiger partial charge is 0.125 e. The first kappa shape index (κ1) is 12.4. The van der Waals surface area contributed by atoms with E-state index in [0.29, 0.717) is 5.69 Å². The Morgan fingerprint density at radius 1 is 1.40 bits per heavy atom. The van der Waals surface area contributed by atoms with Crippen LogP contribution in [0.3, 0.4) is 0 Å². The molecule has 0 saturated carbocycles. The Morgan fingerprint density at radius 2 is 2.13 bits per heavy atom. The molecule has 0 unspecified atom stereocenters. The van der Waals surface area contributed by atoms with Crippen LogP contribution < -0.4 is 5.73 Å². The number of benzene rings is 1. The summed E-state index contributed by atoms with van der Waals surface area (Å²) in [5.41, 5.74) is 6.25. The van der Waals surface area contributed by atoms with Gasteiger partial charge in [0.25, 0.3) is 0 Å². The molecule has 0 saturated heterocycles. The number of rotatable bonds is 5. The summed E-state index contributed by atoms with van der Waals surface area (Å²) in [4.78, 5) is 0.986. The normalized spacial score (nSPS) is 10.9. The minimum Gasteiger partial charge on any atom is -0.398 e. The largest absolute Gasteiger partial charge is 0.398 e. The first-order chi connectivity index (χ1) is 7.09. The van der Waals surface area contributed by atoms with Gasteiger partial charge in [0.2, 0.25) is 0 Å². The van der Waals surface area contributed by atoms with Crippen molar-refractivity contribution in [2.75, 3.05) is 11.5 Å². The Morgan fingerprint density at radius 3 is 2.73 bits per heavy atom. The van der Waals surface area contributed by atoms with E-state index in [9.17, 15) is 4.39 Å². The summed E-state index contributed by atoms with van der Waals surface area (Å²) in [7, 11) is 0. The van der Waals surface area contributed by atoms with Crippen LogP contribution in [0.5, 0.6) is 0 Å². The maximum atomic E-state index is 12.8. The van der Waals surface area contributed by atoms with Crippen molar-refractivity contribution in [3.05, 3.63) is 24.0 Å². The van der Waals surface area contributed by atoms with E-state index in [2.05, 4.69) is 13.8 Å². The van der Waals surface area contributed by atoms with E-state index in [4.69, 9.17) is 5.73 Å². The van der Waals surface area contributed by atoms with Crippen molar-refractivity contribution in [3.63, 3.8) is 0 Å². The zero-order valence-electron chi connectivity index (χ0n) is 9.29. The molecular weight excluding hydrogens is 209 g/mol. The second-order valence-corrected chi connectivity index (χ2v) is 5.20. The highest BCUT2D eigenvalue weighted by atomic mass is 32.2. The molecule has 0 spiro atoms. The average Bonchev–Trinajstić information content (AvgIpc) is 2.14. The minimum atomic E-state index is -0.265. The summed E-state index contributed by atoms with van der Waals surface area (Å²) in [6, 6.07) is 4.59. The molecule has 0 heterocycles. The zero-order valence-corrected chi connectivity index (χ0v) is 10.1. The summed E-state index contributed by atoms with van der Waals surface area (Å²) in [5, 5.41) is 0. The predicted octanol–water partition coefficient (Wildman–Crippen LogP) is 3.94. The molecule has 0 fully saturated rings. The van der Waals surface area contributed by atoms with Gasteiger partial charge in [-0.3, -0.25) is 0 Å². The van der Waals surface area contributed by atoms with Gasteiger partial charge in [0.1, 0.15) is 5.82 Å². The van der Waals surface area contributed by atoms with E-state index in [1.807, 2.05) is 0 Å². The number of thioether (sulfide) groups is 1. The molecule has 15 heavy (non-hydrogen) atoms. The SMILES string of the molecule is CC(C)CCCSc1ccc(F)cc1N. The second-order valence-electron chi connectivity index (χ2n) is 4.07. The maximum absolute atomic E-state index is 12.8. The van der Waals surface area contributed by atoms with Gasteiger partial charge in [-0.25, -0.2) is 4.39 Å². The summed E-state index contributed by atoms with van der Waals surface area (Å²) < 4.78 is 12.8. The third-order valence-electron chi connectivity index (χ3n) is 2.16. The first-order valence-electron chi connectivity index (χ1n) is 5.27. The van der Waals surface area contributed by atoms with Gasteiger partial charge < -0.3 is 5.73 Å². The molecule has 0 aromatic heterocycles. The van der Waals surface area contributed by atoms with Crippen LogP contribution in [0.4, 0.5) is 10.1 Å². The van der Waals surface area contributed by atoms with Crippen LogP contribution in [0, 0.1) is 11.7 Å². The molecule has 3 heteroatoms. The Kier molecular flexibility index (Phi) is 4.95. The molecule has 2 N–H and O–H groups in total. The number of halogens is 1. The third-order valence-corrected chi connectivity index (χ3v) is 3.33. The summed E-state index contributed by atoms with van der Waals surface area (Å²) in [5.74, 6) is 1.53. The van der Waals surface area contributed by atoms with Crippen LogP contribution in [-0.2, 0) is 0 Å². The molecule has 1 aromatic carbocycles. The Labute approximate surface area is 95.2 Å². The number of nitrogens with two attached hydrogens (primary N) is 1. The van der Waals surface area contributed by atoms with E-state index in [-0.39, 0.29) is 5.82 Å². The highest BCUT2D eigenvalue weighted by molar-refractivity contribution is 7.99. The predicted molar refractivity (Wildman–Crippen MR) is 65.6 cm³/mol. The molecule has 1 rings (SSSR count). The van der Waals surface area contributed by atoms with Crippen LogP contribution in [0.15, 0.2) is 23.1 Å². The average molecular weight is 227 g/mol. The van der Waals surface area contributed by atoms with Crippen molar-refractivity contribution in [1.82, 2.24) is 0 Å². The van der Waals surface area contributed by atoms with Gasteiger partial charge in [-0.15, -0.1) is 11.8 Å². The molecule has 0 atom stereocenters. The lowest BCUT2D eigenvalue weighted by Crippen LogP contribution is -1.92. The van der Waals surface area contributed by atoms with Gasteiger partial charge in [-0.05, 0) is 36.3 Å². The first-order valence-corrected chi connectivity index (χ1v) is 6.26. The fourth-order valence-corrected chi connectivity index (χ4v) is 2.25. The van der Waals surface area contributed by atoms with Crippen molar-refractivity contribution in [2.45, 2.75) is 31.6 Å². The van der Waals surface area contributed by atoms with Crippen molar-refractivity contribution in [3.8, 4) is 0 Å². The molecule has 1 aromatic rings. The zero-order chi connectivity index (χ0) is 11.3. The molecule has 0 aliphatic rings. The Bertz CT molecular complexity index is 312. The molecule has 84 valence electrons. The van der Waals surface area contributed by atoms with Gasteiger partial charge in [0.05, 0.1) is 0 Å². The van der Waals surface area contributed by atoms with Gasteiger partial charge in [0.15, 0.2) is 0 Å². The second kappa shape index (κ2) is 6.01. The fraction of sp³-hybridized carbons (Fsp3) is 0.500. The molecule has 1 nitrogen and oxygen atoms in total. The lowest BCUT2D eigenvalue weighted by atomic mass is 10.1. The highest BCUT2D eigenvalue weighted by Crippen LogP contribution is 2.26. The van der Waals surface area contributed by atoms with Crippen molar-refractivity contribution in [1.29, 1.82) is 0 Å². The van der Waals surface area contributed by atoms with E-state index in [0.717, 1.165) is 16.6 Å². The van der Waals surface area contributed by atoms with Crippen LogP contribution in [0.2, 0.25) is 0 Å². The van der Waals surface area contributed by atoms with Crippen LogP contribution in [0.25, 0.3) is 0 Å². The van der Waals surface area contributed by atoms with Gasteiger partial charge >= 0.3 is 0 Å². The summed E-state index contributed by atoms with van der Waals surface area (Å²) in [6.45, 7) is 4.44. The molecule has 0 bridgehead atoms. The third kappa shape index (κ3) is 4.56. The van der Waals surface area contributed by atoms with E-state index < -0.39 is 0 Å².